The summed E-state index contributed by atoms with van der Waals surface area (Å²) in [6, 6.07) is 0. The van der Waals surface area contributed by atoms with Crippen molar-refractivity contribution in [3.8, 4) is 0 Å². The van der Waals surface area contributed by atoms with Gasteiger partial charge >= 0.3 is 10.4 Å². The molecule has 0 fully saturated rings. The van der Waals surface area contributed by atoms with Gasteiger partial charge in [0.15, 0.2) is 0 Å². The smallest absolute Gasteiger partial charge is 0.394 e. The first-order valence-corrected chi connectivity index (χ1v) is 12.2. The highest BCUT2D eigenvalue weighted by atomic mass is 32.3. The second-order valence-corrected chi connectivity index (χ2v) is 7.06. The zero-order chi connectivity index (χ0) is 24.2. The first kappa shape index (κ1) is 33.7. The number of unbranched alkanes of at least 4 members (excludes halogenated alkanes) is 2. The van der Waals surface area contributed by atoms with E-state index >= 15 is 0 Å². The fourth-order valence-corrected chi connectivity index (χ4v) is 1.94. The van der Waals surface area contributed by atoms with Crippen molar-refractivity contribution in [1.29, 1.82) is 0 Å². The van der Waals surface area contributed by atoms with Crippen LogP contribution in [0.15, 0.2) is 0 Å². The van der Waals surface area contributed by atoms with Crippen LogP contribution in [-0.4, -0.2) is 122 Å². The van der Waals surface area contributed by atoms with Gasteiger partial charge in [-0.15, -0.1) is 0 Å². The molecule has 13 heteroatoms. The Hall–Kier alpha value is -0.450. The standard InChI is InChI=1S/C19H40O8.H2O4S/c1-2-3-4-6-21-8-10-23-12-14-25-16-18-27-19-17-26-15-13-24-11-9-22-7-5-20;1-5(2,3)4/h20H,2-19H2,1H3;(H2,1,2,3,4). The van der Waals surface area contributed by atoms with Crippen LogP contribution in [0.5, 0.6) is 0 Å². The summed E-state index contributed by atoms with van der Waals surface area (Å²) in [6.45, 7) is 10.0. The molecule has 0 aliphatic heterocycles. The first-order valence-electron chi connectivity index (χ1n) is 10.8. The molecule has 0 aromatic rings. The molecule has 0 radical (unpaired) electrons. The van der Waals surface area contributed by atoms with Crippen molar-refractivity contribution in [2.45, 2.75) is 26.2 Å². The van der Waals surface area contributed by atoms with Gasteiger partial charge in [0.1, 0.15) is 0 Å². The van der Waals surface area contributed by atoms with Gasteiger partial charge in [-0.05, 0) is 6.42 Å². The van der Waals surface area contributed by atoms with Gasteiger partial charge in [0.05, 0.1) is 92.5 Å². The number of aliphatic hydroxyl groups excluding tert-OH is 1. The third-order valence-corrected chi connectivity index (χ3v) is 3.36. The number of ether oxygens (including phenoxy) is 7. The predicted molar refractivity (Wildman–Crippen MR) is 117 cm³/mol. The zero-order valence-electron chi connectivity index (χ0n) is 19.2. The van der Waals surface area contributed by atoms with Gasteiger partial charge in [-0.1, -0.05) is 19.8 Å². The SMILES string of the molecule is CCCCCOCCOCCOCCOCCOCCOCCOCCO.O=S(=O)(O)O. The van der Waals surface area contributed by atoms with Gasteiger partial charge in [0.2, 0.25) is 0 Å². The van der Waals surface area contributed by atoms with Crippen molar-refractivity contribution in [3.05, 3.63) is 0 Å². The van der Waals surface area contributed by atoms with Crippen LogP contribution < -0.4 is 0 Å². The van der Waals surface area contributed by atoms with Gasteiger partial charge in [0.25, 0.3) is 0 Å². The number of aliphatic hydroxyl groups is 1. The fraction of sp³-hybridized carbons (Fsp3) is 1.00. The predicted octanol–water partition coefficient (Wildman–Crippen LogP) is 0.632. The molecule has 3 N–H and O–H groups in total. The van der Waals surface area contributed by atoms with Crippen LogP contribution in [0, 0.1) is 0 Å². The Morgan fingerprint density at radius 1 is 0.500 bits per heavy atom. The third-order valence-electron chi connectivity index (χ3n) is 3.36. The van der Waals surface area contributed by atoms with E-state index in [0.29, 0.717) is 85.9 Å². The fourth-order valence-electron chi connectivity index (χ4n) is 1.94. The lowest BCUT2D eigenvalue weighted by molar-refractivity contribution is -0.0215. The molecule has 0 spiro atoms. The Morgan fingerprint density at radius 3 is 1.00 bits per heavy atom. The van der Waals surface area contributed by atoms with Crippen LogP contribution in [0.25, 0.3) is 0 Å². The molecule has 0 aliphatic carbocycles. The maximum atomic E-state index is 8.74. The summed E-state index contributed by atoms with van der Waals surface area (Å²) in [7, 11) is -4.67. The highest BCUT2D eigenvalue weighted by molar-refractivity contribution is 7.79. The second kappa shape index (κ2) is 28.6. The lowest BCUT2D eigenvalue weighted by atomic mass is 10.3. The number of rotatable bonds is 24. The molecular weight excluding hydrogens is 452 g/mol. The summed E-state index contributed by atoms with van der Waals surface area (Å²) in [5, 5.41) is 8.52. The minimum Gasteiger partial charge on any atom is -0.394 e. The maximum absolute atomic E-state index is 8.74. The van der Waals surface area contributed by atoms with Crippen LogP contribution in [-0.2, 0) is 43.6 Å². The zero-order valence-corrected chi connectivity index (χ0v) is 20.0. The van der Waals surface area contributed by atoms with Crippen LogP contribution in [0.1, 0.15) is 26.2 Å². The number of hydrogen-bond donors (Lipinski definition) is 3. The summed E-state index contributed by atoms with van der Waals surface area (Å²) in [5.41, 5.74) is 0. The Morgan fingerprint density at radius 2 is 0.750 bits per heavy atom. The van der Waals surface area contributed by atoms with Crippen molar-refractivity contribution in [2.75, 3.05) is 99.1 Å². The molecule has 196 valence electrons. The molecule has 0 heterocycles. The van der Waals surface area contributed by atoms with Gasteiger partial charge in [-0.25, -0.2) is 0 Å². The molecule has 0 bridgehead atoms. The highest BCUT2D eigenvalue weighted by Crippen LogP contribution is 1.93. The van der Waals surface area contributed by atoms with Crippen LogP contribution in [0.3, 0.4) is 0 Å². The van der Waals surface area contributed by atoms with Crippen LogP contribution >= 0.6 is 0 Å². The van der Waals surface area contributed by atoms with Gasteiger partial charge < -0.3 is 38.3 Å². The number of hydrogen-bond acceptors (Lipinski definition) is 10. The molecule has 0 atom stereocenters. The Kier molecular flexibility index (Phi) is 30.1. The molecule has 0 unspecified atom stereocenters. The Labute approximate surface area is 192 Å². The van der Waals surface area contributed by atoms with E-state index in [1.54, 1.807) is 0 Å². The van der Waals surface area contributed by atoms with Crippen molar-refractivity contribution >= 4 is 10.4 Å². The highest BCUT2D eigenvalue weighted by Gasteiger charge is 1.94. The van der Waals surface area contributed by atoms with E-state index in [4.69, 9.17) is 55.8 Å². The Balaban J connectivity index is 0. The van der Waals surface area contributed by atoms with Gasteiger partial charge in [0, 0.05) is 6.61 Å². The molecular formula is C19H42O12S. The third kappa shape index (κ3) is 43.4. The molecule has 12 nitrogen and oxygen atoms in total. The summed E-state index contributed by atoms with van der Waals surface area (Å²) in [6.07, 6.45) is 3.56. The van der Waals surface area contributed by atoms with E-state index in [2.05, 4.69) is 6.92 Å². The van der Waals surface area contributed by atoms with Crippen molar-refractivity contribution < 1.29 is 55.8 Å². The van der Waals surface area contributed by atoms with Crippen molar-refractivity contribution in [2.24, 2.45) is 0 Å². The lowest BCUT2D eigenvalue weighted by Gasteiger charge is -2.08. The van der Waals surface area contributed by atoms with Crippen LogP contribution in [0.4, 0.5) is 0 Å². The summed E-state index contributed by atoms with van der Waals surface area (Å²) < 4.78 is 69.0. The summed E-state index contributed by atoms with van der Waals surface area (Å²) >= 11 is 0. The topological polar surface area (TPSA) is 159 Å². The lowest BCUT2D eigenvalue weighted by Crippen LogP contribution is -2.14. The maximum Gasteiger partial charge on any atom is 0.394 e. The van der Waals surface area contributed by atoms with E-state index in [0.717, 1.165) is 13.0 Å². The molecule has 0 rings (SSSR count). The van der Waals surface area contributed by atoms with E-state index in [1.807, 2.05) is 0 Å². The molecule has 0 aromatic heterocycles. The molecule has 0 saturated carbocycles. The quantitative estimate of drug-likeness (QED) is 0.127. The molecule has 32 heavy (non-hydrogen) atoms. The second-order valence-electron chi connectivity index (χ2n) is 6.17. The van der Waals surface area contributed by atoms with Crippen molar-refractivity contribution in [1.82, 2.24) is 0 Å². The van der Waals surface area contributed by atoms with Gasteiger partial charge in [-0.3, -0.25) is 9.11 Å². The summed E-state index contributed by atoms with van der Waals surface area (Å²) in [5.74, 6) is 0. The monoisotopic (exact) mass is 494 g/mol. The van der Waals surface area contributed by atoms with E-state index < -0.39 is 10.4 Å². The molecule has 0 amide bonds. The molecule has 0 saturated heterocycles. The minimum atomic E-state index is -4.67. The molecule has 0 aliphatic rings. The van der Waals surface area contributed by atoms with E-state index in [1.165, 1.54) is 12.8 Å². The Bertz CT molecular complexity index is 404. The normalized spacial score (nSPS) is 11.4. The van der Waals surface area contributed by atoms with Gasteiger partial charge in [-0.2, -0.15) is 8.42 Å². The minimum absolute atomic E-state index is 0.0383. The average Bonchev–Trinajstić information content (AvgIpc) is 2.73. The van der Waals surface area contributed by atoms with Crippen molar-refractivity contribution in [3.63, 3.8) is 0 Å². The largest absolute Gasteiger partial charge is 0.394 e. The molecule has 0 aromatic carbocycles. The van der Waals surface area contributed by atoms with E-state index in [-0.39, 0.29) is 6.61 Å². The average molecular weight is 495 g/mol. The van der Waals surface area contributed by atoms with E-state index in [9.17, 15) is 0 Å². The first-order chi connectivity index (χ1) is 15.4. The van der Waals surface area contributed by atoms with Crippen LogP contribution in [0.2, 0.25) is 0 Å². The summed E-state index contributed by atoms with van der Waals surface area (Å²) in [4.78, 5) is 0.